The number of hydrogen-bond donors (Lipinski definition) is 0. The fourth-order valence-electron chi connectivity index (χ4n) is 4.02. The van der Waals surface area contributed by atoms with Gasteiger partial charge >= 0.3 is 23.9 Å². The summed E-state index contributed by atoms with van der Waals surface area (Å²) in [5.41, 5.74) is -1.01. The average molecular weight is 551 g/mol. The second-order valence-electron chi connectivity index (χ2n) is 8.25. The Morgan fingerprint density at radius 2 is 1.32 bits per heavy atom. The van der Waals surface area contributed by atoms with Crippen LogP contribution in [0.15, 0.2) is 34.9 Å². The highest BCUT2D eigenvalue weighted by Crippen LogP contribution is 2.41. The maximum Gasteiger partial charge on any atom is 0.303 e. The normalized spacial score (nSPS) is 24.7. The van der Waals surface area contributed by atoms with E-state index in [1.807, 2.05) is 0 Å². The molecular weight excluding hydrogens is 524 g/mol. The van der Waals surface area contributed by atoms with E-state index in [0.29, 0.717) is 11.8 Å². The van der Waals surface area contributed by atoms with Gasteiger partial charge in [-0.15, -0.1) is 0 Å². The van der Waals surface area contributed by atoms with E-state index in [1.165, 1.54) is 19.2 Å². The zero-order valence-electron chi connectivity index (χ0n) is 21.2. The van der Waals surface area contributed by atoms with Crippen molar-refractivity contribution in [3.8, 4) is 0 Å². The lowest BCUT2D eigenvalue weighted by Crippen LogP contribution is -2.61. The van der Waals surface area contributed by atoms with E-state index in [4.69, 9.17) is 28.4 Å². The Labute approximate surface area is 221 Å². The Morgan fingerprint density at radius 1 is 0.789 bits per heavy atom. The SMILES string of the molecule is COC1=C(S[C@H]2O[C@@H](COC(C)=O)[C@H](OC(C)=O)[C@@H](OC(C)=O)[C@@H]2OC(C)=O)C(=O)c2ccccc2C1=O. The largest absolute Gasteiger partial charge is 0.491 e. The third kappa shape index (κ3) is 6.40. The highest BCUT2D eigenvalue weighted by Gasteiger charge is 2.53. The van der Waals surface area contributed by atoms with Crippen LogP contribution in [0.1, 0.15) is 48.4 Å². The molecule has 1 aromatic rings. The molecule has 1 heterocycles. The van der Waals surface area contributed by atoms with Crippen molar-refractivity contribution >= 4 is 47.2 Å². The van der Waals surface area contributed by atoms with Crippen LogP contribution in [0.25, 0.3) is 0 Å². The van der Waals surface area contributed by atoms with Gasteiger partial charge in [-0.25, -0.2) is 0 Å². The smallest absolute Gasteiger partial charge is 0.303 e. The molecule has 1 aliphatic carbocycles. The number of esters is 4. The van der Waals surface area contributed by atoms with Crippen LogP contribution < -0.4 is 0 Å². The molecule has 1 aliphatic heterocycles. The third-order valence-electron chi connectivity index (χ3n) is 5.42. The summed E-state index contributed by atoms with van der Waals surface area (Å²) in [6.07, 6.45) is -5.38. The number of methoxy groups -OCH3 is 1. The molecular formula is C25H26O12S. The minimum absolute atomic E-state index is 0.131. The van der Waals surface area contributed by atoms with Gasteiger partial charge in [-0.05, 0) is 0 Å². The average Bonchev–Trinajstić information content (AvgIpc) is 2.84. The van der Waals surface area contributed by atoms with Crippen molar-refractivity contribution in [3.63, 3.8) is 0 Å². The number of hydrogen-bond acceptors (Lipinski definition) is 13. The molecule has 0 unspecified atom stereocenters. The first-order valence-corrected chi connectivity index (χ1v) is 12.3. The number of carbonyl (C=O) groups is 6. The molecule has 0 bridgehead atoms. The molecule has 0 radical (unpaired) electrons. The van der Waals surface area contributed by atoms with Crippen LogP contribution in [0.2, 0.25) is 0 Å². The van der Waals surface area contributed by atoms with Crippen LogP contribution >= 0.6 is 11.8 Å². The monoisotopic (exact) mass is 550 g/mol. The van der Waals surface area contributed by atoms with E-state index in [1.54, 1.807) is 12.1 Å². The molecule has 0 aromatic heterocycles. The van der Waals surface area contributed by atoms with Gasteiger partial charge in [0.1, 0.15) is 23.1 Å². The molecule has 1 saturated heterocycles. The molecule has 38 heavy (non-hydrogen) atoms. The van der Waals surface area contributed by atoms with Crippen LogP contribution in [-0.2, 0) is 47.6 Å². The van der Waals surface area contributed by atoms with E-state index < -0.39 is 71.9 Å². The lowest BCUT2D eigenvalue weighted by Gasteiger charge is -2.44. The maximum atomic E-state index is 13.4. The molecule has 13 heteroatoms. The number of rotatable bonds is 8. The van der Waals surface area contributed by atoms with Gasteiger partial charge in [0.25, 0.3) is 0 Å². The van der Waals surface area contributed by atoms with Gasteiger partial charge in [0, 0.05) is 38.8 Å². The molecule has 1 fully saturated rings. The molecule has 2 aliphatic rings. The van der Waals surface area contributed by atoms with Crippen molar-refractivity contribution < 1.29 is 57.2 Å². The number of fused-ring (bicyclic) bond motifs is 1. The van der Waals surface area contributed by atoms with Gasteiger partial charge in [0.05, 0.1) is 7.11 Å². The molecule has 0 N–H and O–H groups in total. The van der Waals surface area contributed by atoms with E-state index in [2.05, 4.69) is 0 Å². The van der Waals surface area contributed by atoms with Crippen molar-refractivity contribution in [2.24, 2.45) is 0 Å². The Bertz CT molecular complexity index is 1190. The zero-order chi connectivity index (χ0) is 28.1. The standard InChI is InChI=1S/C25H26O12S/c1-11(26)33-10-17-20(34-12(2)27)22(35-13(3)28)23(36-14(4)29)25(37-17)38-24-19(31)16-9-7-6-8-15(16)18(30)21(24)32-5/h6-9,17,20,22-23,25H,10H2,1-5H3/t17-,20-,22+,23-,25+/m0/s1. The Kier molecular flexibility index (Phi) is 9.28. The second kappa shape index (κ2) is 12.2. The summed E-state index contributed by atoms with van der Waals surface area (Å²) in [7, 11) is 1.22. The summed E-state index contributed by atoms with van der Waals surface area (Å²) in [5.74, 6) is -4.38. The molecule has 1 aromatic carbocycles. The van der Waals surface area contributed by atoms with Crippen LogP contribution in [0.3, 0.4) is 0 Å². The van der Waals surface area contributed by atoms with E-state index in [0.717, 1.165) is 27.7 Å². The fourth-order valence-corrected chi connectivity index (χ4v) is 5.30. The molecule has 3 rings (SSSR count). The first-order valence-electron chi connectivity index (χ1n) is 11.4. The summed E-state index contributed by atoms with van der Waals surface area (Å²) >= 11 is 0.702. The number of Topliss-reactive ketones (excluding diaryl/α,β-unsaturated/α-hetero) is 2. The van der Waals surface area contributed by atoms with Crippen molar-refractivity contribution in [3.05, 3.63) is 46.1 Å². The number of thioether (sulfide) groups is 1. The molecule has 12 nitrogen and oxygen atoms in total. The number of ether oxygens (including phenoxy) is 6. The van der Waals surface area contributed by atoms with Crippen molar-refractivity contribution in [1.82, 2.24) is 0 Å². The fraction of sp³-hybridized carbons (Fsp3) is 0.440. The number of carbonyl (C=O) groups excluding carboxylic acids is 6. The third-order valence-corrected chi connectivity index (χ3v) is 6.64. The molecule has 5 atom stereocenters. The van der Waals surface area contributed by atoms with Crippen LogP contribution in [-0.4, -0.2) is 79.0 Å². The van der Waals surface area contributed by atoms with E-state index in [9.17, 15) is 28.8 Å². The molecule has 0 saturated carbocycles. The van der Waals surface area contributed by atoms with Crippen LogP contribution in [0, 0.1) is 0 Å². The van der Waals surface area contributed by atoms with Crippen LogP contribution in [0.4, 0.5) is 0 Å². The highest BCUT2D eigenvalue weighted by molar-refractivity contribution is 8.04. The van der Waals surface area contributed by atoms with Crippen LogP contribution in [0.5, 0.6) is 0 Å². The van der Waals surface area contributed by atoms with Gasteiger partial charge in [-0.3, -0.25) is 28.8 Å². The quantitative estimate of drug-likeness (QED) is 0.341. The number of allylic oxidation sites excluding steroid dienone is 2. The van der Waals surface area contributed by atoms with Gasteiger partial charge < -0.3 is 28.4 Å². The lowest BCUT2D eigenvalue weighted by molar-refractivity contribution is -0.237. The Morgan fingerprint density at radius 3 is 1.84 bits per heavy atom. The predicted molar refractivity (Wildman–Crippen MR) is 129 cm³/mol. The predicted octanol–water partition coefficient (Wildman–Crippen LogP) is 1.74. The van der Waals surface area contributed by atoms with E-state index in [-0.39, 0.29) is 21.8 Å². The molecule has 0 spiro atoms. The first-order chi connectivity index (χ1) is 17.9. The summed E-state index contributed by atoms with van der Waals surface area (Å²) < 4.78 is 32.5. The minimum atomic E-state index is -1.42. The van der Waals surface area contributed by atoms with Crippen molar-refractivity contribution in [2.75, 3.05) is 13.7 Å². The molecule has 0 amide bonds. The van der Waals surface area contributed by atoms with E-state index >= 15 is 0 Å². The van der Waals surface area contributed by atoms with Gasteiger partial charge in [0.2, 0.25) is 11.6 Å². The lowest BCUT2D eigenvalue weighted by atomic mass is 9.93. The summed E-state index contributed by atoms with van der Waals surface area (Å²) in [4.78, 5) is 73.8. The molecule has 204 valence electrons. The van der Waals surface area contributed by atoms with Crippen molar-refractivity contribution in [2.45, 2.75) is 57.5 Å². The number of ketones is 2. The van der Waals surface area contributed by atoms with Gasteiger partial charge in [-0.2, -0.15) is 0 Å². The Balaban J connectivity index is 2.09. The Hall–Kier alpha value is -3.71. The number of benzene rings is 1. The summed E-state index contributed by atoms with van der Waals surface area (Å²) in [6.45, 7) is 4.03. The highest BCUT2D eigenvalue weighted by atomic mass is 32.2. The minimum Gasteiger partial charge on any atom is -0.491 e. The summed E-state index contributed by atoms with van der Waals surface area (Å²) in [6, 6.07) is 6.17. The first kappa shape index (κ1) is 28.9. The summed E-state index contributed by atoms with van der Waals surface area (Å²) in [5, 5.41) is 0. The van der Waals surface area contributed by atoms with Crippen molar-refractivity contribution in [1.29, 1.82) is 0 Å². The maximum absolute atomic E-state index is 13.4. The topological polar surface area (TPSA) is 158 Å². The van der Waals surface area contributed by atoms with Gasteiger partial charge in [0.15, 0.2) is 24.1 Å². The zero-order valence-corrected chi connectivity index (χ0v) is 22.0. The van der Waals surface area contributed by atoms with Gasteiger partial charge in [-0.1, -0.05) is 36.0 Å². The second-order valence-corrected chi connectivity index (χ2v) is 9.36.